The molecule has 108 valence electrons. The minimum atomic E-state index is -3.79. The van der Waals surface area contributed by atoms with Crippen LogP contribution in [0.1, 0.15) is 39.5 Å². The summed E-state index contributed by atoms with van der Waals surface area (Å²) in [5, 5.41) is 5.13. The van der Waals surface area contributed by atoms with Crippen LogP contribution in [0, 0.1) is 5.92 Å². The van der Waals surface area contributed by atoms with E-state index >= 15 is 0 Å². The van der Waals surface area contributed by atoms with Gasteiger partial charge in [0, 0.05) is 6.20 Å². The number of ether oxygens (including phenoxy) is 1. The molecule has 0 saturated carbocycles. The molecule has 19 heavy (non-hydrogen) atoms. The van der Waals surface area contributed by atoms with E-state index < -0.39 is 10.0 Å². The SMILES string of the molecule is CCCCC(CC)COc1ncccc1S(N)(=O)=O. The van der Waals surface area contributed by atoms with Crippen LogP contribution in [0.5, 0.6) is 5.88 Å². The molecule has 0 radical (unpaired) electrons. The molecule has 0 aromatic carbocycles. The summed E-state index contributed by atoms with van der Waals surface area (Å²) < 4.78 is 28.3. The van der Waals surface area contributed by atoms with Crippen molar-refractivity contribution >= 4 is 10.0 Å². The largest absolute Gasteiger partial charge is 0.476 e. The fourth-order valence-electron chi connectivity index (χ4n) is 1.80. The Morgan fingerprint density at radius 1 is 1.42 bits per heavy atom. The molecule has 0 spiro atoms. The molecular weight excluding hydrogens is 264 g/mol. The molecule has 0 saturated heterocycles. The van der Waals surface area contributed by atoms with E-state index in [1.165, 1.54) is 18.3 Å². The van der Waals surface area contributed by atoms with Crippen molar-refractivity contribution in [2.24, 2.45) is 11.1 Å². The Hall–Kier alpha value is -1.14. The molecule has 0 fully saturated rings. The lowest BCUT2D eigenvalue weighted by Gasteiger charge is -2.16. The van der Waals surface area contributed by atoms with Crippen LogP contribution in [-0.2, 0) is 10.0 Å². The maximum atomic E-state index is 11.4. The van der Waals surface area contributed by atoms with Crippen LogP contribution in [0.25, 0.3) is 0 Å². The van der Waals surface area contributed by atoms with Crippen LogP contribution < -0.4 is 9.88 Å². The topological polar surface area (TPSA) is 82.3 Å². The molecule has 2 N–H and O–H groups in total. The number of nitrogens with two attached hydrogens (primary N) is 1. The first-order chi connectivity index (χ1) is 8.99. The van der Waals surface area contributed by atoms with E-state index in [0.717, 1.165) is 25.7 Å². The molecule has 1 aromatic rings. The van der Waals surface area contributed by atoms with Gasteiger partial charge < -0.3 is 4.74 Å². The first kappa shape index (κ1) is 15.9. The van der Waals surface area contributed by atoms with Gasteiger partial charge in [0.15, 0.2) is 0 Å². The number of aromatic nitrogens is 1. The second-order valence-electron chi connectivity index (χ2n) is 4.58. The van der Waals surface area contributed by atoms with Gasteiger partial charge in [-0.1, -0.05) is 33.1 Å². The summed E-state index contributed by atoms with van der Waals surface area (Å²) in [4.78, 5) is 3.90. The Balaban J connectivity index is 2.72. The summed E-state index contributed by atoms with van der Waals surface area (Å²) in [6, 6.07) is 2.94. The highest BCUT2D eigenvalue weighted by Gasteiger charge is 2.17. The zero-order valence-corrected chi connectivity index (χ0v) is 12.3. The molecule has 0 amide bonds. The average molecular weight is 286 g/mol. The Kier molecular flexibility index (Phi) is 6.24. The van der Waals surface area contributed by atoms with Crippen molar-refractivity contribution in [2.75, 3.05) is 6.61 Å². The number of nitrogens with zero attached hydrogens (tertiary/aromatic N) is 1. The van der Waals surface area contributed by atoms with Gasteiger partial charge in [-0.15, -0.1) is 0 Å². The fraction of sp³-hybridized carbons (Fsp3) is 0.615. The van der Waals surface area contributed by atoms with E-state index in [1.54, 1.807) is 0 Å². The van der Waals surface area contributed by atoms with Crippen molar-refractivity contribution in [3.63, 3.8) is 0 Å². The molecule has 1 atom stereocenters. The quantitative estimate of drug-likeness (QED) is 0.795. The van der Waals surface area contributed by atoms with E-state index in [1.807, 2.05) is 0 Å². The highest BCUT2D eigenvalue weighted by molar-refractivity contribution is 7.89. The first-order valence-corrected chi connectivity index (χ1v) is 8.14. The van der Waals surface area contributed by atoms with Gasteiger partial charge in [0.25, 0.3) is 0 Å². The third-order valence-corrected chi connectivity index (χ3v) is 3.97. The van der Waals surface area contributed by atoms with E-state index in [-0.39, 0.29) is 10.8 Å². The Morgan fingerprint density at radius 2 is 2.16 bits per heavy atom. The smallest absolute Gasteiger partial charge is 0.243 e. The molecule has 0 bridgehead atoms. The molecule has 1 rings (SSSR count). The molecule has 5 nitrogen and oxygen atoms in total. The molecule has 1 aromatic heterocycles. The number of rotatable bonds is 8. The molecule has 1 heterocycles. The molecule has 1 unspecified atom stereocenters. The molecule has 6 heteroatoms. The van der Waals surface area contributed by atoms with E-state index in [0.29, 0.717) is 12.5 Å². The highest BCUT2D eigenvalue weighted by atomic mass is 32.2. The zero-order chi connectivity index (χ0) is 14.3. The second kappa shape index (κ2) is 7.45. The minimum Gasteiger partial charge on any atom is -0.476 e. The summed E-state index contributed by atoms with van der Waals surface area (Å²) in [6.45, 7) is 4.71. The van der Waals surface area contributed by atoms with E-state index in [4.69, 9.17) is 9.88 Å². The molecule has 0 aliphatic heterocycles. The average Bonchev–Trinajstić information content (AvgIpc) is 2.38. The summed E-state index contributed by atoms with van der Waals surface area (Å²) >= 11 is 0. The van der Waals surface area contributed by atoms with Crippen LogP contribution in [0.2, 0.25) is 0 Å². The lowest BCUT2D eigenvalue weighted by atomic mass is 10.0. The number of primary sulfonamides is 1. The van der Waals surface area contributed by atoms with E-state index in [9.17, 15) is 8.42 Å². The van der Waals surface area contributed by atoms with Crippen molar-refractivity contribution in [1.29, 1.82) is 0 Å². The van der Waals surface area contributed by atoms with Gasteiger partial charge in [-0.3, -0.25) is 0 Å². The van der Waals surface area contributed by atoms with Crippen molar-refractivity contribution in [1.82, 2.24) is 4.98 Å². The highest BCUT2D eigenvalue weighted by Crippen LogP contribution is 2.21. The van der Waals surface area contributed by atoms with Crippen LogP contribution in [0.3, 0.4) is 0 Å². The molecule has 0 aliphatic carbocycles. The number of unbranched alkanes of at least 4 members (excludes halogenated alkanes) is 1. The lowest BCUT2D eigenvalue weighted by Crippen LogP contribution is -2.17. The number of hydrogen-bond acceptors (Lipinski definition) is 4. The predicted molar refractivity (Wildman–Crippen MR) is 74.4 cm³/mol. The lowest BCUT2D eigenvalue weighted by molar-refractivity contribution is 0.220. The maximum absolute atomic E-state index is 11.4. The van der Waals surface area contributed by atoms with Gasteiger partial charge in [0.1, 0.15) is 4.90 Å². The third-order valence-electron chi connectivity index (χ3n) is 3.04. The van der Waals surface area contributed by atoms with Crippen LogP contribution in [0.15, 0.2) is 23.2 Å². The first-order valence-electron chi connectivity index (χ1n) is 6.59. The Morgan fingerprint density at radius 3 is 2.74 bits per heavy atom. The van der Waals surface area contributed by atoms with Crippen molar-refractivity contribution in [3.05, 3.63) is 18.3 Å². The van der Waals surface area contributed by atoms with Gasteiger partial charge >= 0.3 is 0 Å². The number of sulfonamides is 1. The normalized spacial score (nSPS) is 13.2. The summed E-state index contributed by atoms with van der Waals surface area (Å²) in [5.41, 5.74) is 0. The Labute approximate surface area is 115 Å². The van der Waals surface area contributed by atoms with Gasteiger partial charge in [0.2, 0.25) is 15.9 Å². The minimum absolute atomic E-state index is 0.0552. The van der Waals surface area contributed by atoms with Gasteiger partial charge in [-0.2, -0.15) is 0 Å². The monoisotopic (exact) mass is 286 g/mol. The summed E-state index contributed by atoms with van der Waals surface area (Å²) in [6.07, 6.45) is 5.85. The fourth-order valence-corrected chi connectivity index (χ4v) is 2.42. The van der Waals surface area contributed by atoms with Gasteiger partial charge in [-0.05, 0) is 24.5 Å². The number of pyridine rings is 1. The number of hydrogen-bond donors (Lipinski definition) is 1. The van der Waals surface area contributed by atoms with Gasteiger partial charge in [-0.25, -0.2) is 18.5 Å². The predicted octanol–water partition coefficient (Wildman–Crippen LogP) is 2.32. The maximum Gasteiger partial charge on any atom is 0.243 e. The molecule has 0 aliphatic rings. The van der Waals surface area contributed by atoms with Crippen LogP contribution >= 0.6 is 0 Å². The van der Waals surface area contributed by atoms with Crippen LogP contribution in [-0.4, -0.2) is 20.0 Å². The van der Waals surface area contributed by atoms with Crippen molar-refractivity contribution in [2.45, 2.75) is 44.4 Å². The Bertz CT molecular complexity index is 488. The zero-order valence-electron chi connectivity index (χ0n) is 11.5. The van der Waals surface area contributed by atoms with Crippen molar-refractivity contribution in [3.8, 4) is 5.88 Å². The van der Waals surface area contributed by atoms with Crippen LogP contribution in [0.4, 0.5) is 0 Å². The third kappa shape index (κ3) is 5.16. The second-order valence-corrected chi connectivity index (χ2v) is 6.11. The van der Waals surface area contributed by atoms with E-state index in [2.05, 4.69) is 18.8 Å². The standard InChI is InChI=1S/C13H22N2O3S/c1-3-5-7-11(4-2)10-18-13-12(19(14,16)17)8-6-9-15-13/h6,8-9,11H,3-5,7,10H2,1-2H3,(H2,14,16,17). The van der Waals surface area contributed by atoms with Gasteiger partial charge in [0.05, 0.1) is 6.61 Å². The van der Waals surface area contributed by atoms with Crippen molar-refractivity contribution < 1.29 is 13.2 Å². The summed E-state index contributed by atoms with van der Waals surface area (Å²) in [5.74, 6) is 0.509. The summed E-state index contributed by atoms with van der Waals surface area (Å²) in [7, 11) is -3.79. The molecular formula is C13H22N2O3S.